The van der Waals surface area contributed by atoms with Gasteiger partial charge in [0.2, 0.25) is 0 Å². The number of sulfone groups is 1. The molecule has 1 aliphatic heterocycles. The summed E-state index contributed by atoms with van der Waals surface area (Å²) in [6, 6.07) is 9.17. The summed E-state index contributed by atoms with van der Waals surface area (Å²) in [5, 5.41) is 0. The number of rotatable bonds is 3. The molecular weight excluding hydrogens is 298 g/mol. The number of anilines is 1. The first-order chi connectivity index (χ1) is 10.4. The zero-order valence-corrected chi connectivity index (χ0v) is 13.8. The zero-order valence-electron chi connectivity index (χ0n) is 13.0. The molecule has 0 spiro atoms. The molecule has 4 nitrogen and oxygen atoms in total. The van der Waals surface area contributed by atoms with Gasteiger partial charge in [-0.25, -0.2) is 8.42 Å². The van der Waals surface area contributed by atoms with E-state index in [-0.39, 0.29) is 0 Å². The average molecular weight is 319 g/mol. The van der Waals surface area contributed by atoms with Crippen LogP contribution < -0.4 is 4.90 Å². The minimum absolute atomic E-state index is 0.400. The smallest absolute Gasteiger partial charge is 0.177 e. The standard InChI is InChI=1S/C17H21NO3S/c1-13-5-3-9-18(12-13)15-11-14(16-6-4-10-21-16)7-8-17(15)22(2,19)20/h4,6-8,10-11,13H,3,5,9,12H2,1-2H3. The lowest BCUT2D eigenvalue weighted by Gasteiger charge is -2.34. The summed E-state index contributed by atoms with van der Waals surface area (Å²) in [6.45, 7) is 4.00. The molecule has 0 aliphatic carbocycles. The molecule has 1 aliphatic rings. The summed E-state index contributed by atoms with van der Waals surface area (Å²) in [5.41, 5.74) is 1.70. The van der Waals surface area contributed by atoms with Gasteiger partial charge in [0.25, 0.3) is 0 Å². The van der Waals surface area contributed by atoms with Crippen LogP contribution in [0, 0.1) is 5.92 Å². The molecule has 1 atom stereocenters. The molecule has 0 N–H and O–H groups in total. The van der Waals surface area contributed by atoms with Crippen molar-refractivity contribution in [2.75, 3.05) is 24.2 Å². The van der Waals surface area contributed by atoms with E-state index in [1.165, 1.54) is 12.7 Å². The molecule has 1 unspecified atom stereocenters. The van der Waals surface area contributed by atoms with Crippen LogP contribution in [-0.4, -0.2) is 27.8 Å². The van der Waals surface area contributed by atoms with Gasteiger partial charge in [-0.05, 0) is 49.1 Å². The average Bonchev–Trinajstić information content (AvgIpc) is 3.00. The van der Waals surface area contributed by atoms with E-state index >= 15 is 0 Å². The fourth-order valence-corrected chi connectivity index (χ4v) is 3.97. The predicted octanol–water partition coefficient (Wildman–Crippen LogP) is 3.59. The van der Waals surface area contributed by atoms with E-state index in [1.54, 1.807) is 12.3 Å². The predicted molar refractivity (Wildman–Crippen MR) is 87.9 cm³/mol. The van der Waals surface area contributed by atoms with Gasteiger partial charge in [-0.2, -0.15) is 0 Å². The summed E-state index contributed by atoms with van der Waals surface area (Å²) in [6.07, 6.45) is 5.19. The highest BCUT2D eigenvalue weighted by atomic mass is 32.2. The third kappa shape index (κ3) is 3.04. The Balaban J connectivity index is 2.09. The van der Waals surface area contributed by atoms with Crippen LogP contribution in [0.3, 0.4) is 0 Å². The first-order valence-electron chi connectivity index (χ1n) is 7.58. The number of hydrogen-bond acceptors (Lipinski definition) is 4. The molecule has 1 aromatic carbocycles. The lowest BCUT2D eigenvalue weighted by molar-refractivity contribution is 0.445. The van der Waals surface area contributed by atoms with Crippen LogP contribution in [0.4, 0.5) is 5.69 Å². The van der Waals surface area contributed by atoms with Crippen molar-refractivity contribution in [3.05, 3.63) is 36.6 Å². The summed E-state index contributed by atoms with van der Waals surface area (Å²) >= 11 is 0. The van der Waals surface area contributed by atoms with Crippen LogP contribution in [-0.2, 0) is 9.84 Å². The molecule has 3 rings (SSSR count). The molecule has 0 amide bonds. The van der Waals surface area contributed by atoms with Gasteiger partial charge in [0, 0.05) is 24.9 Å². The van der Waals surface area contributed by atoms with Crippen LogP contribution in [0.5, 0.6) is 0 Å². The largest absolute Gasteiger partial charge is 0.464 e. The van der Waals surface area contributed by atoms with Crippen molar-refractivity contribution in [2.45, 2.75) is 24.7 Å². The Morgan fingerprint density at radius 2 is 2.09 bits per heavy atom. The molecule has 0 bridgehead atoms. The first-order valence-corrected chi connectivity index (χ1v) is 9.47. The number of furan rings is 1. The van der Waals surface area contributed by atoms with Crippen LogP contribution in [0.15, 0.2) is 45.9 Å². The molecule has 2 aromatic rings. The molecular formula is C17H21NO3S. The van der Waals surface area contributed by atoms with E-state index in [0.717, 1.165) is 36.5 Å². The Labute approximate surface area is 131 Å². The third-order valence-corrected chi connectivity index (χ3v) is 5.31. The summed E-state index contributed by atoms with van der Waals surface area (Å²) < 4.78 is 29.7. The van der Waals surface area contributed by atoms with E-state index in [9.17, 15) is 8.42 Å². The van der Waals surface area contributed by atoms with Crippen molar-refractivity contribution in [3.63, 3.8) is 0 Å². The second-order valence-electron chi connectivity index (χ2n) is 6.13. The normalized spacial score (nSPS) is 19.4. The zero-order chi connectivity index (χ0) is 15.7. The van der Waals surface area contributed by atoms with Crippen LogP contribution in [0.1, 0.15) is 19.8 Å². The van der Waals surface area contributed by atoms with E-state index in [0.29, 0.717) is 10.8 Å². The molecule has 1 aromatic heterocycles. The molecule has 1 fully saturated rings. The Morgan fingerprint density at radius 1 is 1.27 bits per heavy atom. The van der Waals surface area contributed by atoms with Gasteiger partial charge in [-0.15, -0.1) is 0 Å². The van der Waals surface area contributed by atoms with Gasteiger partial charge in [-0.1, -0.05) is 6.92 Å². The lowest BCUT2D eigenvalue weighted by Crippen LogP contribution is -2.35. The molecule has 0 radical (unpaired) electrons. The maximum Gasteiger partial charge on any atom is 0.177 e. The Kier molecular flexibility index (Phi) is 4.00. The van der Waals surface area contributed by atoms with Crippen molar-refractivity contribution in [1.82, 2.24) is 0 Å². The maximum absolute atomic E-state index is 12.1. The van der Waals surface area contributed by atoms with E-state index in [4.69, 9.17) is 4.42 Å². The molecule has 118 valence electrons. The lowest BCUT2D eigenvalue weighted by atomic mass is 9.99. The fourth-order valence-electron chi connectivity index (χ4n) is 3.08. The first kappa shape index (κ1) is 15.2. The van der Waals surface area contributed by atoms with Gasteiger partial charge in [0.1, 0.15) is 5.76 Å². The quantitative estimate of drug-likeness (QED) is 0.867. The molecule has 22 heavy (non-hydrogen) atoms. The number of piperidine rings is 1. The highest BCUT2D eigenvalue weighted by molar-refractivity contribution is 7.90. The summed E-state index contributed by atoms with van der Waals surface area (Å²) in [7, 11) is -3.26. The van der Waals surface area contributed by atoms with Crippen molar-refractivity contribution >= 4 is 15.5 Å². The van der Waals surface area contributed by atoms with Crippen molar-refractivity contribution in [3.8, 4) is 11.3 Å². The van der Waals surface area contributed by atoms with Crippen LogP contribution in [0.2, 0.25) is 0 Å². The monoisotopic (exact) mass is 319 g/mol. The number of hydrogen-bond donors (Lipinski definition) is 0. The van der Waals surface area contributed by atoms with E-state index in [2.05, 4.69) is 11.8 Å². The molecule has 5 heteroatoms. The van der Waals surface area contributed by atoms with Crippen molar-refractivity contribution < 1.29 is 12.8 Å². The van der Waals surface area contributed by atoms with Crippen LogP contribution in [0.25, 0.3) is 11.3 Å². The van der Waals surface area contributed by atoms with E-state index < -0.39 is 9.84 Å². The van der Waals surface area contributed by atoms with Gasteiger partial charge >= 0.3 is 0 Å². The second-order valence-corrected chi connectivity index (χ2v) is 8.11. The number of benzene rings is 1. The van der Waals surface area contributed by atoms with Crippen molar-refractivity contribution in [2.24, 2.45) is 5.92 Å². The van der Waals surface area contributed by atoms with Crippen LogP contribution >= 0.6 is 0 Å². The maximum atomic E-state index is 12.1. The van der Waals surface area contributed by atoms with Gasteiger partial charge in [0.15, 0.2) is 9.84 Å². The SMILES string of the molecule is CC1CCCN(c2cc(-c3ccco3)ccc2S(C)(=O)=O)C1. The number of nitrogens with zero attached hydrogens (tertiary/aromatic N) is 1. The summed E-state index contributed by atoms with van der Waals surface area (Å²) in [4.78, 5) is 2.59. The topological polar surface area (TPSA) is 50.5 Å². The minimum Gasteiger partial charge on any atom is -0.464 e. The molecule has 2 heterocycles. The van der Waals surface area contributed by atoms with Gasteiger partial charge in [-0.3, -0.25) is 0 Å². The molecule has 1 saturated heterocycles. The highest BCUT2D eigenvalue weighted by Crippen LogP contribution is 2.33. The Morgan fingerprint density at radius 3 is 2.73 bits per heavy atom. The Bertz CT molecular complexity index is 750. The second kappa shape index (κ2) is 5.80. The minimum atomic E-state index is -3.26. The highest BCUT2D eigenvalue weighted by Gasteiger charge is 2.23. The third-order valence-electron chi connectivity index (χ3n) is 4.16. The van der Waals surface area contributed by atoms with E-state index in [1.807, 2.05) is 24.3 Å². The summed E-state index contributed by atoms with van der Waals surface area (Å²) in [5.74, 6) is 1.33. The fraction of sp³-hybridized carbons (Fsp3) is 0.412. The van der Waals surface area contributed by atoms with Gasteiger partial charge < -0.3 is 9.32 Å². The van der Waals surface area contributed by atoms with Crippen molar-refractivity contribution in [1.29, 1.82) is 0 Å². The van der Waals surface area contributed by atoms with Gasteiger partial charge in [0.05, 0.1) is 16.8 Å². The Hall–Kier alpha value is -1.75. The molecule has 0 saturated carbocycles.